The van der Waals surface area contributed by atoms with Gasteiger partial charge in [0.15, 0.2) is 5.78 Å². The number of carbonyl (C=O) groups is 5. The molecule has 2 unspecified atom stereocenters. The lowest BCUT2D eigenvalue weighted by Crippen LogP contribution is -2.61. The van der Waals surface area contributed by atoms with Crippen LogP contribution in [0.15, 0.2) is 41.5 Å². The van der Waals surface area contributed by atoms with Crippen LogP contribution in [0.1, 0.15) is 144 Å². The first-order valence-electron chi connectivity index (χ1n) is 27.6. The number of esters is 1. The van der Waals surface area contributed by atoms with Gasteiger partial charge in [-0.15, -0.1) is 0 Å². The molecular weight excluding hydrogens is 984 g/mol. The van der Waals surface area contributed by atoms with Crippen molar-refractivity contribution in [2.75, 3.05) is 32.9 Å². The quantitative estimate of drug-likeness (QED) is 0.134. The van der Waals surface area contributed by atoms with Crippen LogP contribution in [0, 0.1) is 42.4 Å². The zero-order valence-corrected chi connectivity index (χ0v) is 47.1. The van der Waals surface area contributed by atoms with Crippen LogP contribution in [-0.2, 0) is 52.5 Å². The van der Waals surface area contributed by atoms with Gasteiger partial charge < -0.3 is 43.9 Å². The number of hydrogen-bond acceptors (Lipinski definition) is 15. The molecule has 1 saturated carbocycles. The van der Waals surface area contributed by atoms with Gasteiger partial charge in [0.25, 0.3) is 11.7 Å². The number of amides is 1. The molecule has 0 radical (unpaired) electrons. The zero-order valence-electron chi connectivity index (χ0n) is 46.3. The van der Waals surface area contributed by atoms with Crippen molar-refractivity contribution in [1.82, 2.24) is 4.90 Å². The molecular formula is C58H87ClN2O14. The number of anilines is 1. The van der Waals surface area contributed by atoms with Crippen molar-refractivity contribution < 1.29 is 67.8 Å². The van der Waals surface area contributed by atoms with Crippen molar-refractivity contribution in [3.8, 4) is 0 Å². The largest absolute Gasteiger partial charge is 0.460 e. The number of hydroxylamine groups is 1. The van der Waals surface area contributed by atoms with Crippen molar-refractivity contribution in [1.29, 1.82) is 0 Å². The maximum Gasteiger partial charge on any atom is 0.329 e. The Morgan fingerprint density at radius 1 is 0.840 bits per heavy atom. The van der Waals surface area contributed by atoms with Crippen molar-refractivity contribution in [3.05, 3.63) is 52.1 Å². The molecule has 4 bridgehead atoms. The molecule has 1 aromatic carbocycles. The molecule has 1 amide bonds. The SMILES string of the molecule is CO[C@H]1C[C@@H]2CC[C@@H](C)[C@@](O)(O2)C(=O)C(=O)N2CCCC[C@H]2C(=O)O[C@H]([C@H](C)C[C@@H]2CC[C@@H](O)[C@H](OC)C2)CC(=O)[C@H](C)/C=C(\C)[C@@H](O)[C@@H](OC)C(=O)[C@H](C)C[C@H](C)C2CCC(/C=C/1C)ON2c1ccc(Cl)c(C)c1. The maximum atomic E-state index is 14.5. The van der Waals surface area contributed by atoms with Crippen molar-refractivity contribution in [2.24, 2.45) is 35.5 Å². The number of rotatable bonds is 7. The van der Waals surface area contributed by atoms with Crippen molar-refractivity contribution in [2.45, 2.75) is 212 Å². The monoisotopic (exact) mass is 1070 g/mol. The number of aryl methyl sites for hydroxylation is 1. The summed E-state index contributed by atoms with van der Waals surface area (Å²) >= 11 is 6.50. The van der Waals surface area contributed by atoms with Gasteiger partial charge in [-0.1, -0.05) is 58.4 Å². The molecule has 6 aliphatic rings. The number of aliphatic hydroxyl groups excluding tert-OH is 2. The summed E-state index contributed by atoms with van der Waals surface area (Å²) in [5, 5.41) is 37.0. The minimum Gasteiger partial charge on any atom is -0.460 e. The first-order chi connectivity index (χ1) is 35.5. The Balaban J connectivity index is 1.35. The number of carbonyl (C=O) groups excluding carboxylic acids is 5. The molecule has 5 heterocycles. The summed E-state index contributed by atoms with van der Waals surface area (Å²) in [7, 11) is 4.54. The Labute approximate surface area is 450 Å². The standard InChI is InChI=1S/C58H87ClN2O14/c1-32-27-41(17-20-44(32)59)61-45-21-19-43(75-61)28-36(5)49(70-9)30-42-18-15-39(8)58(69,74-42)55(66)56(67)60-23-13-12-14-46(60)57(68)73-50(35(4)26-40-16-22-47(62)51(29-40)71-10)31-48(63)34(3)25-38(7)53(65)54(72-11)52(64)37(6)24-33(45)2/h17,20,25,27-28,33-35,37,39-40,42-43,45-47,49-51,53-54,62,65,69H,12-16,18-19,21-24,26,29-31H2,1-11H3/b36-28+,38-25+/t33-,34+,35+,37+,39+,40-,42-,43?,45?,46-,47+,49-,50-,51+,53+,54-,58+/m0/s1. The molecule has 1 aromatic rings. The molecule has 0 aromatic heterocycles. The van der Waals surface area contributed by atoms with E-state index in [9.17, 15) is 39.3 Å². The lowest BCUT2D eigenvalue weighted by Gasteiger charge is -2.43. The third-order valence-corrected chi connectivity index (χ3v) is 17.7. The first-order valence-corrected chi connectivity index (χ1v) is 27.9. The average molecular weight is 1070 g/mol. The van der Waals surface area contributed by atoms with Gasteiger partial charge in [0, 0.05) is 63.5 Å². The highest BCUT2D eigenvalue weighted by atomic mass is 35.5. The molecule has 75 heavy (non-hydrogen) atoms. The minimum atomic E-state index is -2.48. The highest BCUT2D eigenvalue weighted by Crippen LogP contribution is 2.40. The number of aliphatic hydroxyl groups is 3. The molecule has 5 aliphatic heterocycles. The summed E-state index contributed by atoms with van der Waals surface area (Å²) < 4.78 is 30.0. The van der Waals surface area contributed by atoms with Gasteiger partial charge in [-0.05, 0) is 150 Å². The van der Waals surface area contributed by atoms with Crippen LogP contribution in [-0.4, -0.2) is 144 Å². The van der Waals surface area contributed by atoms with E-state index in [4.69, 9.17) is 40.1 Å². The Hall–Kier alpha value is -3.58. The summed E-state index contributed by atoms with van der Waals surface area (Å²) in [6.07, 6.45) is 4.04. The number of halogens is 1. The Kier molecular flexibility index (Phi) is 21.7. The third kappa shape index (κ3) is 14.6. The summed E-state index contributed by atoms with van der Waals surface area (Å²) in [5.41, 5.74) is 2.89. The van der Waals surface area contributed by atoms with Crippen molar-refractivity contribution in [3.63, 3.8) is 0 Å². The fourth-order valence-corrected chi connectivity index (χ4v) is 12.5. The number of nitrogens with zero attached hydrogens (tertiary/aromatic N) is 2. The van der Waals surface area contributed by atoms with Gasteiger partial charge >= 0.3 is 5.97 Å². The molecule has 3 N–H and O–H groups in total. The van der Waals surface area contributed by atoms with E-state index in [-0.39, 0.29) is 73.4 Å². The van der Waals surface area contributed by atoms with Gasteiger partial charge in [-0.3, -0.25) is 29.1 Å². The van der Waals surface area contributed by atoms with Crippen molar-refractivity contribution >= 4 is 46.5 Å². The maximum absolute atomic E-state index is 14.5. The van der Waals surface area contributed by atoms with E-state index in [1.165, 1.54) is 12.0 Å². The predicted octanol–water partition coefficient (Wildman–Crippen LogP) is 8.00. The fraction of sp³-hybridized carbons (Fsp3) is 0.741. The van der Waals surface area contributed by atoms with E-state index < -0.39 is 83.9 Å². The van der Waals surface area contributed by atoms with E-state index in [1.54, 1.807) is 41.1 Å². The van der Waals surface area contributed by atoms with Crippen LogP contribution in [0.3, 0.4) is 0 Å². The number of benzene rings is 1. The highest BCUT2D eigenvalue weighted by Gasteiger charge is 2.53. The molecule has 1 aliphatic carbocycles. The number of hydrogen-bond donors (Lipinski definition) is 3. The van der Waals surface area contributed by atoms with Crippen LogP contribution in [0.25, 0.3) is 0 Å². The van der Waals surface area contributed by atoms with Gasteiger partial charge in [-0.2, -0.15) is 0 Å². The third-order valence-electron chi connectivity index (χ3n) is 17.3. The molecule has 17 atom stereocenters. The first kappa shape index (κ1) is 60.6. The minimum absolute atomic E-state index is 0.0705. The predicted molar refractivity (Wildman–Crippen MR) is 283 cm³/mol. The van der Waals surface area contributed by atoms with Crippen LogP contribution in [0.2, 0.25) is 5.02 Å². The number of Topliss-reactive ketones (excluding diaryl/α,β-unsaturated/α-hetero) is 3. The lowest BCUT2D eigenvalue weighted by atomic mass is 9.78. The lowest BCUT2D eigenvalue weighted by molar-refractivity contribution is -0.265. The van der Waals surface area contributed by atoms with Gasteiger partial charge in [-0.25, -0.2) is 4.79 Å². The number of piperidine rings is 1. The van der Waals surface area contributed by atoms with Gasteiger partial charge in [0.2, 0.25) is 5.79 Å². The smallest absolute Gasteiger partial charge is 0.329 e. The van der Waals surface area contributed by atoms with E-state index in [2.05, 4.69) is 6.92 Å². The number of allylic oxidation sites excluding steroid dienone is 1. The second kappa shape index (κ2) is 26.9. The molecule has 0 spiro atoms. The number of fused-ring (bicyclic) bond motifs is 17. The second-order valence-electron chi connectivity index (χ2n) is 22.9. The molecule has 17 heteroatoms. The molecule has 420 valence electrons. The van der Waals surface area contributed by atoms with E-state index in [0.717, 1.165) is 16.8 Å². The topological polar surface area (TPSA) is 208 Å². The Bertz CT molecular complexity index is 2220. The molecule has 4 fully saturated rings. The van der Waals surface area contributed by atoms with E-state index in [1.807, 2.05) is 57.0 Å². The van der Waals surface area contributed by atoms with Crippen LogP contribution in [0.4, 0.5) is 5.69 Å². The Morgan fingerprint density at radius 3 is 2.25 bits per heavy atom. The van der Waals surface area contributed by atoms with Crippen LogP contribution in [0.5, 0.6) is 0 Å². The van der Waals surface area contributed by atoms with E-state index >= 15 is 0 Å². The normalized spacial score (nSPS) is 38.8. The average Bonchev–Trinajstić information content (AvgIpc) is 3.39. The molecule has 3 saturated heterocycles. The summed E-state index contributed by atoms with van der Waals surface area (Å²) in [6, 6.07) is 4.41. The summed E-state index contributed by atoms with van der Waals surface area (Å²) in [6.45, 7) is 14.8. The summed E-state index contributed by atoms with van der Waals surface area (Å²) in [4.78, 5) is 80.1. The highest BCUT2D eigenvalue weighted by molar-refractivity contribution is 6.39. The zero-order chi connectivity index (χ0) is 55.1. The van der Waals surface area contributed by atoms with Crippen LogP contribution < -0.4 is 5.06 Å². The van der Waals surface area contributed by atoms with E-state index in [0.29, 0.717) is 81.2 Å². The Morgan fingerprint density at radius 2 is 1.57 bits per heavy atom. The van der Waals surface area contributed by atoms with Gasteiger partial charge in [0.1, 0.15) is 36.2 Å². The number of ketones is 3. The van der Waals surface area contributed by atoms with Crippen LogP contribution >= 0.6 is 11.6 Å². The second-order valence-corrected chi connectivity index (χ2v) is 23.3. The molecule has 7 rings (SSSR count). The summed E-state index contributed by atoms with van der Waals surface area (Å²) in [5.74, 6) is -8.37. The number of methoxy groups -OCH3 is 3. The molecule has 16 nitrogen and oxygen atoms in total. The fourth-order valence-electron chi connectivity index (χ4n) is 12.3. The van der Waals surface area contributed by atoms with Gasteiger partial charge in [0.05, 0.1) is 36.1 Å². The number of ether oxygens (including phenoxy) is 5.